The lowest BCUT2D eigenvalue weighted by Gasteiger charge is -2.26. The standard InChI is InChI=1S/C15H24O/c1-10-5-7-12(15(3,4)16)9-14-11(2)6-8-13(10)14/h6,9-10,12-13,16H,5,7-8H2,1-4H3. The molecule has 0 bridgehead atoms. The smallest absolute Gasteiger partial charge is 0.0654 e. The van der Waals surface area contributed by atoms with Crippen molar-refractivity contribution in [2.45, 2.75) is 52.6 Å². The Balaban J connectivity index is 2.31. The number of fused-ring (bicyclic) bond motifs is 1. The molecule has 0 saturated carbocycles. The summed E-state index contributed by atoms with van der Waals surface area (Å²) in [4.78, 5) is 0. The van der Waals surface area contributed by atoms with E-state index in [-0.39, 0.29) is 0 Å². The van der Waals surface area contributed by atoms with Crippen molar-refractivity contribution in [1.29, 1.82) is 0 Å². The predicted octanol–water partition coefficient (Wildman–Crippen LogP) is 3.70. The van der Waals surface area contributed by atoms with E-state index in [1.165, 1.54) is 24.0 Å². The first kappa shape index (κ1) is 11.9. The highest BCUT2D eigenvalue weighted by molar-refractivity contribution is 5.38. The molecule has 0 saturated heterocycles. The van der Waals surface area contributed by atoms with Crippen molar-refractivity contribution < 1.29 is 5.11 Å². The average Bonchev–Trinajstić information content (AvgIpc) is 2.42. The van der Waals surface area contributed by atoms with Crippen molar-refractivity contribution in [2.75, 3.05) is 0 Å². The Hall–Kier alpha value is -0.560. The largest absolute Gasteiger partial charge is 0.390 e. The molecule has 0 aromatic rings. The zero-order valence-electron chi connectivity index (χ0n) is 11.0. The van der Waals surface area contributed by atoms with Crippen LogP contribution in [-0.2, 0) is 0 Å². The maximum absolute atomic E-state index is 10.2. The van der Waals surface area contributed by atoms with Crippen molar-refractivity contribution in [3.05, 3.63) is 23.3 Å². The summed E-state index contributed by atoms with van der Waals surface area (Å²) < 4.78 is 0. The van der Waals surface area contributed by atoms with E-state index in [2.05, 4.69) is 26.0 Å². The van der Waals surface area contributed by atoms with Gasteiger partial charge in [-0.15, -0.1) is 0 Å². The minimum Gasteiger partial charge on any atom is -0.390 e. The second-order valence-corrected chi connectivity index (χ2v) is 6.17. The van der Waals surface area contributed by atoms with E-state index < -0.39 is 5.60 Å². The Morgan fingerprint density at radius 2 is 2.00 bits per heavy atom. The Morgan fingerprint density at radius 1 is 1.31 bits per heavy atom. The zero-order chi connectivity index (χ0) is 11.9. The molecule has 2 rings (SSSR count). The summed E-state index contributed by atoms with van der Waals surface area (Å²) in [6.45, 7) is 8.45. The van der Waals surface area contributed by atoms with E-state index >= 15 is 0 Å². The molecule has 0 spiro atoms. The van der Waals surface area contributed by atoms with Crippen LogP contribution in [0, 0.1) is 17.8 Å². The van der Waals surface area contributed by atoms with Crippen molar-refractivity contribution >= 4 is 0 Å². The van der Waals surface area contributed by atoms with Crippen LogP contribution >= 0.6 is 0 Å². The van der Waals surface area contributed by atoms with Crippen molar-refractivity contribution in [1.82, 2.24) is 0 Å². The van der Waals surface area contributed by atoms with Gasteiger partial charge in [0.1, 0.15) is 0 Å². The molecule has 1 nitrogen and oxygen atoms in total. The normalized spacial score (nSPS) is 35.2. The fraction of sp³-hybridized carbons (Fsp3) is 0.733. The molecule has 1 heteroatoms. The fourth-order valence-corrected chi connectivity index (χ4v) is 3.14. The lowest BCUT2D eigenvalue weighted by Crippen LogP contribution is -2.29. The van der Waals surface area contributed by atoms with Crippen molar-refractivity contribution in [3.63, 3.8) is 0 Å². The van der Waals surface area contributed by atoms with E-state index in [1.807, 2.05) is 13.8 Å². The molecule has 1 N–H and O–H groups in total. The topological polar surface area (TPSA) is 20.2 Å². The quantitative estimate of drug-likeness (QED) is 0.714. The summed E-state index contributed by atoms with van der Waals surface area (Å²) in [5, 5.41) is 10.2. The number of hydrogen-bond donors (Lipinski definition) is 1. The number of hydrogen-bond acceptors (Lipinski definition) is 1. The SMILES string of the molecule is CC1=CCC2C1=CC(C(C)(C)O)CCC2C. The third-order valence-electron chi connectivity index (χ3n) is 4.44. The van der Waals surface area contributed by atoms with Gasteiger partial charge in [-0.3, -0.25) is 0 Å². The van der Waals surface area contributed by atoms with E-state index in [4.69, 9.17) is 0 Å². The van der Waals surface area contributed by atoms with Crippen LogP contribution < -0.4 is 0 Å². The van der Waals surface area contributed by atoms with Crippen LogP contribution in [0.25, 0.3) is 0 Å². The summed E-state index contributed by atoms with van der Waals surface area (Å²) >= 11 is 0. The van der Waals surface area contributed by atoms with Crippen LogP contribution in [0.3, 0.4) is 0 Å². The molecule has 16 heavy (non-hydrogen) atoms. The van der Waals surface area contributed by atoms with Crippen molar-refractivity contribution in [2.24, 2.45) is 17.8 Å². The van der Waals surface area contributed by atoms with Gasteiger partial charge in [-0.05, 0) is 57.4 Å². The highest BCUT2D eigenvalue weighted by Crippen LogP contribution is 2.43. The molecular weight excluding hydrogens is 196 g/mol. The molecule has 2 aliphatic rings. The maximum atomic E-state index is 10.2. The third-order valence-corrected chi connectivity index (χ3v) is 4.44. The van der Waals surface area contributed by atoms with Gasteiger partial charge in [-0.2, -0.15) is 0 Å². The van der Waals surface area contributed by atoms with E-state index in [9.17, 15) is 5.11 Å². The van der Waals surface area contributed by atoms with Crippen LogP contribution in [0.15, 0.2) is 23.3 Å². The van der Waals surface area contributed by atoms with Crippen LogP contribution in [0.5, 0.6) is 0 Å². The van der Waals surface area contributed by atoms with Gasteiger partial charge in [-0.25, -0.2) is 0 Å². The maximum Gasteiger partial charge on any atom is 0.0654 e. The van der Waals surface area contributed by atoms with Gasteiger partial charge in [0, 0.05) is 5.92 Å². The van der Waals surface area contributed by atoms with E-state index in [0.29, 0.717) is 11.8 Å². The Kier molecular flexibility index (Phi) is 3.00. The summed E-state index contributed by atoms with van der Waals surface area (Å²) in [6.07, 6.45) is 8.28. The van der Waals surface area contributed by atoms with Gasteiger partial charge >= 0.3 is 0 Å². The molecule has 0 radical (unpaired) electrons. The molecule has 0 heterocycles. The van der Waals surface area contributed by atoms with Gasteiger partial charge < -0.3 is 5.11 Å². The zero-order valence-corrected chi connectivity index (χ0v) is 11.0. The first-order chi connectivity index (χ1) is 7.39. The van der Waals surface area contributed by atoms with Crippen LogP contribution in [-0.4, -0.2) is 10.7 Å². The molecule has 0 aromatic carbocycles. The summed E-state index contributed by atoms with van der Waals surface area (Å²) in [6, 6.07) is 0. The minimum absolute atomic E-state index is 0.316. The lowest BCUT2D eigenvalue weighted by atomic mass is 9.85. The second kappa shape index (κ2) is 4.03. The van der Waals surface area contributed by atoms with Gasteiger partial charge in [-0.1, -0.05) is 24.6 Å². The first-order valence-corrected chi connectivity index (χ1v) is 6.51. The Labute approximate surface area is 99.3 Å². The van der Waals surface area contributed by atoms with E-state index in [1.54, 1.807) is 0 Å². The van der Waals surface area contributed by atoms with Gasteiger partial charge in [0.15, 0.2) is 0 Å². The fourth-order valence-electron chi connectivity index (χ4n) is 3.14. The molecule has 2 aliphatic carbocycles. The lowest BCUT2D eigenvalue weighted by molar-refractivity contribution is 0.0322. The van der Waals surface area contributed by atoms with Gasteiger partial charge in [0.2, 0.25) is 0 Å². The Morgan fingerprint density at radius 3 is 2.62 bits per heavy atom. The number of aliphatic hydroxyl groups is 1. The molecule has 3 atom stereocenters. The predicted molar refractivity (Wildman–Crippen MR) is 68.1 cm³/mol. The average molecular weight is 220 g/mol. The highest BCUT2D eigenvalue weighted by Gasteiger charge is 2.34. The van der Waals surface area contributed by atoms with Gasteiger partial charge in [0.25, 0.3) is 0 Å². The molecule has 0 amide bonds. The van der Waals surface area contributed by atoms with Crippen LogP contribution in [0.2, 0.25) is 0 Å². The van der Waals surface area contributed by atoms with Crippen LogP contribution in [0.1, 0.15) is 47.0 Å². The van der Waals surface area contributed by atoms with E-state index in [0.717, 1.165) is 12.3 Å². The van der Waals surface area contributed by atoms with Gasteiger partial charge in [0.05, 0.1) is 5.60 Å². The summed E-state index contributed by atoms with van der Waals surface area (Å²) in [5.74, 6) is 1.79. The second-order valence-electron chi connectivity index (χ2n) is 6.17. The molecular formula is C15H24O. The molecule has 90 valence electrons. The summed E-state index contributed by atoms with van der Waals surface area (Å²) in [7, 11) is 0. The first-order valence-electron chi connectivity index (χ1n) is 6.51. The summed E-state index contributed by atoms with van der Waals surface area (Å²) in [5.41, 5.74) is 2.37. The molecule has 3 unspecified atom stereocenters. The molecule has 0 aromatic heterocycles. The molecule has 0 fully saturated rings. The number of allylic oxidation sites excluding steroid dienone is 3. The number of rotatable bonds is 1. The van der Waals surface area contributed by atoms with Crippen LogP contribution in [0.4, 0.5) is 0 Å². The minimum atomic E-state index is -0.579. The monoisotopic (exact) mass is 220 g/mol. The third kappa shape index (κ3) is 2.10. The van der Waals surface area contributed by atoms with Crippen molar-refractivity contribution in [3.8, 4) is 0 Å². The molecule has 0 aliphatic heterocycles. The highest BCUT2D eigenvalue weighted by atomic mass is 16.3. The Bertz CT molecular complexity index is 330.